The summed E-state index contributed by atoms with van der Waals surface area (Å²) >= 11 is 1.06. The Hall–Kier alpha value is -2.80. The van der Waals surface area contributed by atoms with Gasteiger partial charge in [0.2, 0.25) is 5.91 Å². The van der Waals surface area contributed by atoms with Gasteiger partial charge in [-0.1, -0.05) is 6.07 Å². The number of rotatable bonds is 5. The highest BCUT2D eigenvalue weighted by atomic mass is 32.1. The number of hydrogen-bond donors (Lipinski definition) is 3. The molecule has 1 heterocycles. The van der Waals surface area contributed by atoms with E-state index in [9.17, 15) is 14.7 Å². The Balaban J connectivity index is 2.14. The zero-order valence-corrected chi connectivity index (χ0v) is 13.3. The van der Waals surface area contributed by atoms with Crippen LogP contribution < -0.4 is 10.1 Å². The molecule has 2 rings (SSSR count). The van der Waals surface area contributed by atoms with Gasteiger partial charge < -0.3 is 20.3 Å². The third kappa shape index (κ3) is 3.89. The summed E-state index contributed by atoms with van der Waals surface area (Å²) in [6.45, 7) is 1.73. The smallest absolute Gasteiger partial charge is 0.348 e. The fourth-order valence-corrected chi connectivity index (χ4v) is 2.73. The van der Waals surface area contributed by atoms with Gasteiger partial charge in [0.05, 0.1) is 12.8 Å². The Morgan fingerprint density at radius 1 is 1.35 bits per heavy atom. The minimum atomic E-state index is -1.08. The number of aryl methyl sites for hydroxylation is 1. The lowest BCUT2D eigenvalue weighted by molar-refractivity contribution is -0.111. The molecule has 0 fully saturated rings. The van der Waals surface area contributed by atoms with Crippen LogP contribution in [0.15, 0.2) is 29.7 Å². The number of aromatic carboxylic acids is 1. The molecular weight excluding hydrogens is 318 g/mol. The molecule has 1 aromatic carbocycles. The molecule has 0 unspecified atom stereocenters. The van der Waals surface area contributed by atoms with Crippen molar-refractivity contribution in [3.05, 3.63) is 45.7 Å². The van der Waals surface area contributed by atoms with Gasteiger partial charge in [-0.3, -0.25) is 4.79 Å². The van der Waals surface area contributed by atoms with E-state index in [0.29, 0.717) is 22.6 Å². The highest BCUT2D eigenvalue weighted by molar-refractivity contribution is 7.12. The van der Waals surface area contributed by atoms with Crippen LogP contribution in [0.1, 0.15) is 20.8 Å². The average Bonchev–Trinajstić information content (AvgIpc) is 2.87. The van der Waals surface area contributed by atoms with E-state index in [-0.39, 0.29) is 10.6 Å². The first kappa shape index (κ1) is 16.6. The Bertz CT molecular complexity index is 779. The normalized spacial score (nSPS) is 10.7. The lowest BCUT2D eigenvalue weighted by atomic mass is 10.2. The minimum absolute atomic E-state index is 0.00843. The van der Waals surface area contributed by atoms with Crippen LogP contribution in [-0.4, -0.2) is 29.2 Å². The Kier molecular flexibility index (Phi) is 5.02. The number of anilines is 1. The van der Waals surface area contributed by atoms with E-state index in [0.717, 1.165) is 11.3 Å². The number of phenolic OH excluding ortho intramolecular Hbond substituents is 1. The van der Waals surface area contributed by atoms with Gasteiger partial charge in [-0.15, -0.1) is 11.3 Å². The van der Waals surface area contributed by atoms with Crippen LogP contribution in [0.5, 0.6) is 11.5 Å². The summed E-state index contributed by atoms with van der Waals surface area (Å²) in [5.41, 5.74) is 1.66. The second-order valence-electron chi connectivity index (χ2n) is 4.68. The number of methoxy groups -OCH3 is 1. The van der Waals surface area contributed by atoms with Crippen LogP contribution in [0.3, 0.4) is 0 Å². The molecule has 0 spiro atoms. The van der Waals surface area contributed by atoms with E-state index in [4.69, 9.17) is 9.84 Å². The van der Waals surface area contributed by atoms with Gasteiger partial charge in [0.25, 0.3) is 0 Å². The second-order valence-corrected chi connectivity index (χ2v) is 5.56. The van der Waals surface area contributed by atoms with Crippen molar-refractivity contribution in [2.45, 2.75) is 6.92 Å². The zero-order valence-electron chi connectivity index (χ0n) is 12.5. The molecule has 0 aliphatic rings. The van der Waals surface area contributed by atoms with Crippen molar-refractivity contribution in [1.29, 1.82) is 0 Å². The zero-order chi connectivity index (χ0) is 17.0. The van der Waals surface area contributed by atoms with Crippen LogP contribution in [0.2, 0.25) is 0 Å². The number of phenols is 1. The van der Waals surface area contributed by atoms with Crippen LogP contribution in [-0.2, 0) is 4.79 Å². The van der Waals surface area contributed by atoms with E-state index in [1.807, 2.05) is 0 Å². The minimum Gasteiger partial charge on any atom is -0.504 e. The molecule has 3 N–H and O–H groups in total. The Morgan fingerprint density at radius 3 is 2.74 bits per heavy atom. The molecule has 23 heavy (non-hydrogen) atoms. The number of carboxylic acid groups (broad SMARTS) is 1. The number of hydrogen-bond acceptors (Lipinski definition) is 5. The number of nitrogens with one attached hydrogen (secondary N) is 1. The summed E-state index contributed by atoms with van der Waals surface area (Å²) in [6, 6.07) is 4.67. The molecule has 6 nitrogen and oxygen atoms in total. The summed E-state index contributed by atoms with van der Waals surface area (Å²) in [6.07, 6.45) is 2.83. The molecule has 0 aliphatic carbocycles. The van der Waals surface area contributed by atoms with Crippen molar-refractivity contribution in [3.8, 4) is 11.5 Å². The highest BCUT2D eigenvalue weighted by Gasteiger charge is 2.16. The molecule has 0 radical (unpaired) electrons. The second kappa shape index (κ2) is 6.97. The maximum atomic E-state index is 12.0. The van der Waals surface area contributed by atoms with Crippen molar-refractivity contribution in [2.75, 3.05) is 12.4 Å². The number of carboxylic acids is 1. The third-order valence-electron chi connectivity index (χ3n) is 3.05. The van der Waals surface area contributed by atoms with Gasteiger partial charge in [-0.2, -0.15) is 0 Å². The molecule has 0 saturated carbocycles. The predicted molar refractivity (Wildman–Crippen MR) is 88.3 cm³/mol. The van der Waals surface area contributed by atoms with Crippen LogP contribution in [0.4, 0.5) is 5.69 Å². The summed E-state index contributed by atoms with van der Waals surface area (Å²) in [5, 5.41) is 22.8. The van der Waals surface area contributed by atoms with Gasteiger partial charge in [0.15, 0.2) is 11.5 Å². The number of ether oxygens (including phenoxy) is 1. The van der Waals surface area contributed by atoms with Crippen LogP contribution in [0, 0.1) is 6.92 Å². The molecule has 1 amide bonds. The number of carbonyl (C=O) groups excluding carboxylic acids is 1. The van der Waals surface area contributed by atoms with Gasteiger partial charge in [-0.25, -0.2) is 4.79 Å². The molecule has 0 aliphatic heterocycles. The number of benzene rings is 1. The summed E-state index contributed by atoms with van der Waals surface area (Å²) < 4.78 is 4.99. The molecule has 120 valence electrons. The van der Waals surface area contributed by atoms with E-state index in [1.165, 1.54) is 19.3 Å². The lowest BCUT2D eigenvalue weighted by Crippen LogP contribution is -2.11. The van der Waals surface area contributed by atoms with E-state index < -0.39 is 11.9 Å². The Morgan fingerprint density at radius 2 is 2.09 bits per heavy atom. The lowest BCUT2D eigenvalue weighted by Gasteiger charge is -2.04. The van der Waals surface area contributed by atoms with Crippen molar-refractivity contribution >= 4 is 35.0 Å². The molecule has 2 aromatic rings. The van der Waals surface area contributed by atoms with Crippen LogP contribution >= 0.6 is 11.3 Å². The van der Waals surface area contributed by atoms with Crippen molar-refractivity contribution in [2.24, 2.45) is 0 Å². The number of carbonyl (C=O) groups is 2. The Labute approximate surface area is 136 Å². The van der Waals surface area contributed by atoms with Gasteiger partial charge in [-0.05, 0) is 41.6 Å². The first-order chi connectivity index (χ1) is 10.9. The standard InChI is InChI=1S/C16H15NO5S/c1-9-8-23-15(16(20)21)14(9)17-13(19)6-4-10-3-5-11(18)12(7-10)22-2/h3-8,18H,1-2H3,(H,17,19)(H,20,21). The molecule has 1 aromatic heterocycles. The monoisotopic (exact) mass is 333 g/mol. The highest BCUT2D eigenvalue weighted by Crippen LogP contribution is 2.28. The molecule has 0 atom stereocenters. The average molecular weight is 333 g/mol. The topological polar surface area (TPSA) is 95.9 Å². The fraction of sp³-hybridized carbons (Fsp3) is 0.125. The fourth-order valence-electron chi connectivity index (χ4n) is 1.89. The number of aromatic hydroxyl groups is 1. The SMILES string of the molecule is COc1cc(C=CC(=O)Nc2c(C)csc2C(=O)O)ccc1O. The molecule has 7 heteroatoms. The maximum Gasteiger partial charge on any atom is 0.348 e. The maximum absolute atomic E-state index is 12.0. The summed E-state index contributed by atoms with van der Waals surface area (Å²) in [4.78, 5) is 23.2. The summed E-state index contributed by atoms with van der Waals surface area (Å²) in [7, 11) is 1.43. The molecular formula is C16H15NO5S. The van der Waals surface area contributed by atoms with Crippen molar-refractivity contribution < 1.29 is 24.5 Å². The summed E-state index contributed by atoms with van der Waals surface area (Å²) in [5.74, 6) is -1.21. The third-order valence-corrected chi connectivity index (χ3v) is 4.13. The van der Waals surface area contributed by atoms with Crippen LogP contribution in [0.25, 0.3) is 6.08 Å². The number of thiophene rings is 1. The van der Waals surface area contributed by atoms with E-state index >= 15 is 0 Å². The molecule has 0 saturated heterocycles. The van der Waals surface area contributed by atoms with Gasteiger partial charge >= 0.3 is 5.97 Å². The first-order valence-corrected chi connectivity index (χ1v) is 7.47. The predicted octanol–water partition coefficient (Wildman–Crippen LogP) is 3.12. The van der Waals surface area contributed by atoms with Gasteiger partial charge in [0, 0.05) is 6.08 Å². The quantitative estimate of drug-likeness (QED) is 0.731. The first-order valence-electron chi connectivity index (χ1n) is 6.60. The van der Waals surface area contributed by atoms with E-state index in [2.05, 4.69) is 5.32 Å². The molecule has 0 bridgehead atoms. The van der Waals surface area contributed by atoms with E-state index in [1.54, 1.807) is 30.5 Å². The number of amides is 1. The van der Waals surface area contributed by atoms with Gasteiger partial charge in [0.1, 0.15) is 4.88 Å². The van der Waals surface area contributed by atoms with Crippen molar-refractivity contribution in [3.63, 3.8) is 0 Å². The largest absolute Gasteiger partial charge is 0.504 e. The van der Waals surface area contributed by atoms with Crippen molar-refractivity contribution in [1.82, 2.24) is 0 Å².